The van der Waals surface area contributed by atoms with Crippen LogP contribution in [0.25, 0.3) is 11.5 Å². The molecule has 2 N–H and O–H groups in total. The highest BCUT2D eigenvalue weighted by atomic mass is 79.9. The number of amides is 1. The van der Waals surface area contributed by atoms with Crippen LogP contribution in [0.3, 0.4) is 0 Å². The van der Waals surface area contributed by atoms with E-state index in [1.807, 2.05) is 35.4 Å². The number of nitrogen functional groups attached to an aromatic ring is 1. The van der Waals surface area contributed by atoms with Gasteiger partial charge in [-0.1, -0.05) is 13.8 Å². The van der Waals surface area contributed by atoms with Gasteiger partial charge in [0.25, 0.3) is 0 Å². The van der Waals surface area contributed by atoms with Crippen LogP contribution in [-0.4, -0.2) is 50.2 Å². The van der Waals surface area contributed by atoms with Crippen molar-refractivity contribution in [2.45, 2.75) is 49.7 Å². The van der Waals surface area contributed by atoms with Crippen molar-refractivity contribution < 1.29 is 14.3 Å². The number of likely N-dealkylation sites (tertiary alicyclic amines) is 1. The fourth-order valence-corrected chi connectivity index (χ4v) is 5.70. The Morgan fingerprint density at radius 1 is 1.24 bits per heavy atom. The molecule has 1 amide bonds. The second kappa shape index (κ2) is 9.61. The van der Waals surface area contributed by atoms with Gasteiger partial charge in [-0.25, -0.2) is 15.0 Å². The Bertz CT molecular complexity index is 1180. The molecule has 4 aliphatic rings. The topological polar surface area (TPSA) is 108 Å². The first-order valence-electron chi connectivity index (χ1n) is 11.4. The number of halogens is 1. The van der Waals surface area contributed by atoms with E-state index in [1.165, 1.54) is 11.8 Å². The van der Waals surface area contributed by atoms with E-state index in [9.17, 15) is 4.79 Å². The third-order valence-electron chi connectivity index (χ3n) is 6.30. The molecule has 11 heteroatoms. The van der Waals surface area contributed by atoms with E-state index in [2.05, 4.69) is 25.9 Å². The molecule has 9 nitrogen and oxygen atoms in total. The van der Waals surface area contributed by atoms with Gasteiger partial charge >= 0.3 is 0 Å². The van der Waals surface area contributed by atoms with E-state index in [1.54, 1.807) is 6.33 Å². The number of aromatic nitrogens is 4. The van der Waals surface area contributed by atoms with Gasteiger partial charge in [-0.15, -0.1) is 0 Å². The van der Waals surface area contributed by atoms with Crippen LogP contribution in [0.5, 0.6) is 11.5 Å². The average molecular weight is 547 g/mol. The molecule has 1 fully saturated rings. The molecule has 4 aliphatic heterocycles. The lowest BCUT2D eigenvalue weighted by Gasteiger charge is -2.33. The molecule has 0 aliphatic carbocycles. The van der Waals surface area contributed by atoms with Crippen LogP contribution in [0.4, 0.5) is 5.82 Å². The molecular weight excluding hydrogens is 520 g/mol. The molecule has 5 rings (SSSR count). The minimum absolute atomic E-state index is 0.0579. The maximum absolute atomic E-state index is 12.2. The summed E-state index contributed by atoms with van der Waals surface area (Å²) >= 11 is 5.03. The molecule has 1 saturated heterocycles. The number of carbonyl (C=O) groups is 1. The van der Waals surface area contributed by atoms with Crippen LogP contribution in [0.2, 0.25) is 0 Å². The average Bonchev–Trinajstić information content (AvgIpc) is 3.46. The van der Waals surface area contributed by atoms with E-state index in [4.69, 9.17) is 20.2 Å². The van der Waals surface area contributed by atoms with Crippen LogP contribution in [-0.2, 0) is 11.3 Å². The maximum Gasteiger partial charge on any atom is 0.231 e. The third kappa shape index (κ3) is 4.68. The van der Waals surface area contributed by atoms with Gasteiger partial charge in [0.1, 0.15) is 0 Å². The molecule has 0 atom stereocenters. The second-order valence-corrected chi connectivity index (χ2v) is 10.8. The van der Waals surface area contributed by atoms with Crippen molar-refractivity contribution in [1.29, 1.82) is 0 Å². The molecule has 0 bridgehead atoms. The monoisotopic (exact) mass is 546 g/mol. The van der Waals surface area contributed by atoms with E-state index in [-0.39, 0.29) is 18.6 Å². The molecule has 4 heterocycles. The largest absolute Gasteiger partial charge is 0.454 e. The van der Waals surface area contributed by atoms with Gasteiger partial charge in [0.15, 0.2) is 34.0 Å². The molecular formula is C23H27BrN6O3S. The molecule has 0 saturated carbocycles. The summed E-state index contributed by atoms with van der Waals surface area (Å²) in [7, 11) is 0. The molecule has 0 radical (unpaired) electrons. The number of imidazole rings is 1. The highest BCUT2D eigenvalue weighted by Gasteiger charge is 2.26. The van der Waals surface area contributed by atoms with E-state index in [0.717, 1.165) is 59.8 Å². The first kappa shape index (κ1) is 23.2. The van der Waals surface area contributed by atoms with Gasteiger partial charge in [-0.3, -0.25) is 4.79 Å². The van der Waals surface area contributed by atoms with E-state index >= 15 is 0 Å². The maximum atomic E-state index is 12.2. The van der Waals surface area contributed by atoms with Gasteiger partial charge in [-0.2, -0.15) is 0 Å². The Morgan fingerprint density at radius 3 is 2.71 bits per heavy atom. The lowest BCUT2D eigenvalue weighted by atomic mass is 9.93. The lowest BCUT2D eigenvalue weighted by Crippen LogP contribution is -2.40. The number of fused-ring (bicyclic) bond motifs is 2. The Labute approximate surface area is 210 Å². The number of carbonyl (C=O) groups excluding carboxylic acids is 1. The number of piperidine rings is 1. The normalized spacial score (nSPS) is 16.1. The molecule has 0 aromatic heterocycles. The number of hydrogen-bond acceptors (Lipinski definition) is 8. The van der Waals surface area contributed by atoms with Gasteiger partial charge < -0.3 is 24.7 Å². The predicted molar refractivity (Wildman–Crippen MR) is 132 cm³/mol. The highest BCUT2D eigenvalue weighted by molar-refractivity contribution is 9.10. The summed E-state index contributed by atoms with van der Waals surface area (Å²) in [6.07, 6.45) is 4.79. The summed E-state index contributed by atoms with van der Waals surface area (Å²) in [5.74, 6) is 3.41. The molecule has 1 aromatic carbocycles. The number of anilines is 1. The fraction of sp³-hybridized carbons (Fsp3) is 0.478. The summed E-state index contributed by atoms with van der Waals surface area (Å²) in [5.41, 5.74) is 6.73. The molecule has 0 spiro atoms. The molecule has 180 valence electrons. The first-order chi connectivity index (χ1) is 16.4. The van der Waals surface area contributed by atoms with Gasteiger partial charge in [0.2, 0.25) is 12.7 Å². The van der Waals surface area contributed by atoms with Gasteiger partial charge in [0.05, 0.1) is 6.33 Å². The van der Waals surface area contributed by atoms with E-state index < -0.39 is 0 Å². The predicted octanol–water partition coefficient (Wildman–Crippen LogP) is 4.29. The zero-order chi connectivity index (χ0) is 23.8. The molecule has 34 heavy (non-hydrogen) atoms. The van der Waals surface area contributed by atoms with Crippen LogP contribution >= 0.6 is 27.7 Å². The highest BCUT2D eigenvalue weighted by Crippen LogP contribution is 2.43. The standard InChI is InChI=1S/C23H27BrN6O3S/c1-13(2)22(31)29-6-3-14(4-7-29)5-8-30-11-26-20(25)19-21(30)28-23(27-19)34-18-10-17-16(9-15(18)24)32-12-33-17/h9-11,13-14H,3-8,12,25H2,1-2H3. The van der Waals surface area contributed by atoms with Crippen molar-refractivity contribution >= 4 is 39.4 Å². The van der Waals surface area contributed by atoms with Gasteiger partial charge in [0, 0.05) is 34.9 Å². The number of nitrogens with two attached hydrogens (primary N) is 1. The number of ether oxygens (including phenoxy) is 2. The van der Waals surface area contributed by atoms with Crippen molar-refractivity contribution in [1.82, 2.24) is 24.4 Å². The Balaban J connectivity index is 1.28. The minimum atomic E-state index is 0.0579. The van der Waals surface area contributed by atoms with E-state index in [0.29, 0.717) is 28.3 Å². The van der Waals surface area contributed by atoms with Crippen LogP contribution in [0, 0.1) is 11.8 Å². The van der Waals surface area contributed by atoms with Crippen molar-refractivity contribution in [3.63, 3.8) is 0 Å². The lowest BCUT2D eigenvalue weighted by molar-refractivity contribution is -0.135. The van der Waals surface area contributed by atoms with Crippen LogP contribution in [0.15, 0.2) is 33.0 Å². The summed E-state index contributed by atoms with van der Waals surface area (Å²) in [5, 5.41) is 0.600. The van der Waals surface area contributed by atoms with Crippen LogP contribution in [0.1, 0.15) is 33.1 Å². The summed E-state index contributed by atoms with van der Waals surface area (Å²) in [4.78, 5) is 28.9. The van der Waals surface area contributed by atoms with Crippen molar-refractivity contribution in [2.75, 3.05) is 25.6 Å². The second-order valence-electron chi connectivity index (χ2n) is 8.95. The number of hydrogen-bond donors (Lipinski definition) is 1. The zero-order valence-corrected chi connectivity index (χ0v) is 21.6. The number of rotatable bonds is 6. The van der Waals surface area contributed by atoms with Crippen LogP contribution < -0.4 is 15.2 Å². The summed E-state index contributed by atoms with van der Waals surface area (Å²) < 4.78 is 13.8. The first-order valence-corrected chi connectivity index (χ1v) is 13.0. The number of benzene rings is 1. The number of aryl methyl sites for hydroxylation is 1. The van der Waals surface area contributed by atoms with Crippen molar-refractivity contribution in [2.24, 2.45) is 11.8 Å². The Kier molecular flexibility index (Phi) is 6.57. The third-order valence-corrected chi connectivity index (χ3v) is 8.14. The quantitative estimate of drug-likeness (QED) is 0.487. The molecule has 1 aromatic rings. The SMILES string of the molecule is CC(C)C(=O)N1CCC(CCn2cnc(N)c3nc(Sc4cc5c(cc4Br)OCO5)nc2-3)CC1. The van der Waals surface area contributed by atoms with Gasteiger partial charge in [-0.05, 0) is 65.0 Å². The Morgan fingerprint density at radius 2 is 1.97 bits per heavy atom. The number of nitrogens with zero attached hydrogens (tertiary/aromatic N) is 5. The van der Waals surface area contributed by atoms with Crippen molar-refractivity contribution in [3.8, 4) is 23.0 Å². The summed E-state index contributed by atoms with van der Waals surface area (Å²) in [6, 6.07) is 3.81. The summed E-state index contributed by atoms with van der Waals surface area (Å²) in [6.45, 7) is 6.60. The fourth-order valence-electron chi connectivity index (χ4n) is 4.35. The minimum Gasteiger partial charge on any atom is -0.454 e. The zero-order valence-electron chi connectivity index (χ0n) is 19.2. The Hall–Kier alpha value is -2.53. The van der Waals surface area contributed by atoms with Crippen molar-refractivity contribution in [3.05, 3.63) is 22.9 Å². The molecule has 0 unspecified atom stereocenters. The smallest absolute Gasteiger partial charge is 0.231 e.